The molecule has 0 saturated carbocycles. The van der Waals surface area contributed by atoms with E-state index in [2.05, 4.69) is 39.6 Å². The highest BCUT2D eigenvalue weighted by Gasteiger charge is 2.20. The Morgan fingerprint density at radius 2 is 2.27 bits per heavy atom. The topological polar surface area (TPSA) is 54.5 Å². The van der Waals surface area contributed by atoms with Crippen LogP contribution in [0.15, 0.2) is 21.8 Å². The summed E-state index contributed by atoms with van der Waals surface area (Å²) in [6.07, 6.45) is 4.64. The van der Waals surface area contributed by atoms with Gasteiger partial charge in [0.1, 0.15) is 5.82 Å². The Labute approximate surface area is 129 Å². The van der Waals surface area contributed by atoms with Gasteiger partial charge in [0.15, 0.2) is 5.42 Å². The molecule has 2 aromatic rings. The monoisotopic (exact) mass is 296 g/mol. The molecular formula is C17H20N4O. The van der Waals surface area contributed by atoms with Crippen LogP contribution in [0.25, 0.3) is 12.4 Å². The van der Waals surface area contributed by atoms with Gasteiger partial charge >= 0.3 is 0 Å². The van der Waals surface area contributed by atoms with E-state index in [1.807, 2.05) is 20.0 Å². The van der Waals surface area contributed by atoms with Crippen LogP contribution in [0.3, 0.4) is 0 Å². The Morgan fingerprint density at radius 3 is 2.95 bits per heavy atom. The molecule has 0 fully saturated rings. The summed E-state index contributed by atoms with van der Waals surface area (Å²) in [5.74, 6) is 0.874. The van der Waals surface area contributed by atoms with Crippen molar-refractivity contribution in [2.75, 3.05) is 6.54 Å². The maximum Gasteiger partial charge on any atom is 0.163 e. The van der Waals surface area contributed by atoms with Crippen molar-refractivity contribution in [1.29, 1.82) is 0 Å². The first-order valence-corrected chi connectivity index (χ1v) is 7.43. The summed E-state index contributed by atoms with van der Waals surface area (Å²) >= 11 is 0. The van der Waals surface area contributed by atoms with E-state index in [1.54, 1.807) is 6.21 Å². The quantitative estimate of drug-likeness (QED) is 0.784. The average Bonchev–Trinajstić information content (AvgIpc) is 2.83. The molecule has 0 aliphatic carbocycles. The van der Waals surface area contributed by atoms with Crippen LogP contribution >= 0.6 is 0 Å². The van der Waals surface area contributed by atoms with Crippen LogP contribution in [0.5, 0.6) is 0 Å². The maximum absolute atomic E-state index is 5.21. The Hall–Kier alpha value is -2.43. The third kappa shape index (κ3) is 2.54. The number of aromatic nitrogens is 2. The molecule has 3 rings (SSSR count). The van der Waals surface area contributed by atoms with Crippen molar-refractivity contribution >= 4 is 18.6 Å². The van der Waals surface area contributed by atoms with Gasteiger partial charge in [0.2, 0.25) is 0 Å². The number of aliphatic imine (C=N–C) groups is 1. The molecule has 114 valence electrons. The Morgan fingerprint density at radius 1 is 1.45 bits per heavy atom. The summed E-state index contributed by atoms with van der Waals surface area (Å²) in [6.45, 7) is 11.5. The molecule has 0 aromatic carbocycles. The van der Waals surface area contributed by atoms with E-state index in [9.17, 15) is 0 Å². The van der Waals surface area contributed by atoms with Crippen molar-refractivity contribution in [2.24, 2.45) is 4.99 Å². The van der Waals surface area contributed by atoms with E-state index >= 15 is 0 Å². The Balaban J connectivity index is 2.10. The van der Waals surface area contributed by atoms with Crippen molar-refractivity contribution in [3.05, 3.63) is 45.4 Å². The number of pyridine rings is 1. The molecule has 1 aliphatic heterocycles. The van der Waals surface area contributed by atoms with Crippen molar-refractivity contribution in [2.45, 2.75) is 33.7 Å². The maximum atomic E-state index is 5.21. The third-order valence-corrected chi connectivity index (χ3v) is 3.88. The van der Waals surface area contributed by atoms with Gasteiger partial charge < -0.3 is 9.42 Å². The molecule has 5 nitrogen and oxygen atoms in total. The zero-order valence-corrected chi connectivity index (χ0v) is 13.3. The number of rotatable bonds is 2. The van der Waals surface area contributed by atoms with Crippen molar-refractivity contribution < 1.29 is 4.52 Å². The second-order valence-corrected chi connectivity index (χ2v) is 5.57. The molecule has 0 saturated heterocycles. The van der Waals surface area contributed by atoms with Gasteiger partial charge in [-0.1, -0.05) is 17.8 Å². The van der Waals surface area contributed by atoms with Gasteiger partial charge in [-0.2, -0.15) is 0 Å². The molecule has 22 heavy (non-hydrogen) atoms. The minimum atomic E-state index is 0.561. The van der Waals surface area contributed by atoms with E-state index < -0.39 is 0 Å². The molecule has 0 amide bonds. The number of hydrogen-bond donors (Lipinski definition) is 0. The smallest absolute Gasteiger partial charge is 0.163 e. The molecule has 0 unspecified atom stereocenters. The van der Waals surface area contributed by atoms with Crippen LogP contribution in [-0.2, 0) is 13.0 Å². The summed E-state index contributed by atoms with van der Waals surface area (Å²) in [5, 5.41) is 4.89. The lowest BCUT2D eigenvalue weighted by atomic mass is 10.0. The van der Waals surface area contributed by atoms with Gasteiger partial charge in [0.05, 0.1) is 10.9 Å². The molecular weight excluding hydrogens is 276 g/mol. The molecule has 3 heterocycles. The number of hydrogen-bond acceptors (Lipinski definition) is 5. The normalized spacial score (nSPS) is 16.0. The molecule has 1 aliphatic rings. The SMILES string of the molecule is C=c1onc(C)/c1=C(/N=CC)N1CCc2ncc(C)cc2C1. The van der Waals surface area contributed by atoms with Gasteiger partial charge in [-0.05, 0) is 31.9 Å². The molecule has 0 N–H and O–H groups in total. The standard InChI is InChI=1S/C17H20N4O/c1-5-18-17(16-12(3)20-22-13(16)4)21-7-6-15-14(10-21)8-11(2)9-19-15/h5,8-9H,4,6-7,10H2,1-3H3/b17-16+,18-5?. The van der Waals surface area contributed by atoms with Gasteiger partial charge in [-0.3, -0.25) is 4.98 Å². The number of aryl methyl sites for hydroxylation is 2. The van der Waals surface area contributed by atoms with Crippen LogP contribution in [-0.4, -0.2) is 27.8 Å². The highest BCUT2D eigenvalue weighted by molar-refractivity contribution is 5.62. The largest absolute Gasteiger partial charge is 0.357 e. The van der Waals surface area contributed by atoms with E-state index in [-0.39, 0.29) is 0 Å². The Bertz CT molecular complexity index is 835. The summed E-state index contributed by atoms with van der Waals surface area (Å²) in [6, 6.07) is 2.20. The van der Waals surface area contributed by atoms with Crippen molar-refractivity contribution in [1.82, 2.24) is 15.0 Å². The number of fused-ring (bicyclic) bond motifs is 1. The minimum absolute atomic E-state index is 0.561. The van der Waals surface area contributed by atoms with Crippen molar-refractivity contribution in [3.63, 3.8) is 0 Å². The van der Waals surface area contributed by atoms with Crippen LogP contribution in [0.2, 0.25) is 0 Å². The van der Waals surface area contributed by atoms with Crippen LogP contribution in [0.1, 0.15) is 29.4 Å². The van der Waals surface area contributed by atoms with E-state index in [0.29, 0.717) is 5.42 Å². The number of nitrogens with zero attached hydrogens (tertiary/aromatic N) is 4. The lowest BCUT2D eigenvalue weighted by Gasteiger charge is -2.30. The molecule has 5 heteroatoms. The predicted octanol–water partition coefficient (Wildman–Crippen LogP) is 1.31. The first kappa shape index (κ1) is 14.5. The molecule has 0 spiro atoms. The molecule has 2 aromatic heterocycles. The van der Waals surface area contributed by atoms with E-state index in [4.69, 9.17) is 4.52 Å². The first-order valence-electron chi connectivity index (χ1n) is 7.43. The Kier molecular flexibility index (Phi) is 3.79. The van der Waals surface area contributed by atoms with E-state index in [0.717, 1.165) is 36.2 Å². The van der Waals surface area contributed by atoms with Gasteiger partial charge in [-0.15, -0.1) is 0 Å². The summed E-state index contributed by atoms with van der Waals surface area (Å²) in [5.41, 5.74) is 5.00. The van der Waals surface area contributed by atoms with Gasteiger partial charge in [0, 0.05) is 37.6 Å². The lowest BCUT2D eigenvalue weighted by Crippen LogP contribution is -2.36. The highest BCUT2D eigenvalue weighted by atomic mass is 16.5. The predicted molar refractivity (Wildman–Crippen MR) is 86.7 cm³/mol. The molecule has 0 bridgehead atoms. The fourth-order valence-corrected chi connectivity index (χ4v) is 2.86. The fourth-order valence-electron chi connectivity index (χ4n) is 2.86. The average molecular weight is 296 g/mol. The summed E-state index contributed by atoms with van der Waals surface area (Å²) in [7, 11) is 0. The molecule has 0 radical (unpaired) electrons. The zero-order valence-electron chi connectivity index (χ0n) is 13.3. The van der Waals surface area contributed by atoms with Crippen LogP contribution in [0, 0.1) is 13.8 Å². The highest BCUT2D eigenvalue weighted by Crippen LogP contribution is 2.21. The third-order valence-electron chi connectivity index (χ3n) is 3.88. The first-order chi connectivity index (χ1) is 10.6. The second-order valence-electron chi connectivity index (χ2n) is 5.57. The summed E-state index contributed by atoms with van der Waals surface area (Å²) < 4.78 is 5.21. The zero-order chi connectivity index (χ0) is 15.7. The van der Waals surface area contributed by atoms with Crippen LogP contribution < -0.4 is 10.6 Å². The second kappa shape index (κ2) is 5.75. The molecule has 0 atom stereocenters. The van der Waals surface area contributed by atoms with Crippen molar-refractivity contribution in [3.8, 4) is 0 Å². The lowest BCUT2D eigenvalue weighted by molar-refractivity contribution is 0.359. The van der Waals surface area contributed by atoms with E-state index in [1.165, 1.54) is 16.8 Å². The van der Waals surface area contributed by atoms with Gasteiger partial charge in [0.25, 0.3) is 0 Å². The van der Waals surface area contributed by atoms with Crippen LogP contribution in [0.4, 0.5) is 0 Å². The minimum Gasteiger partial charge on any atom is -0.357 e. The van der Waals surface area contributed by atoms with Gasteiger partial charge in [-0.25, -0.2) is 4.99 Å². The fraction of sp³-hybridized carbons (Fsp3) is 0.353. The summed E-state index contributed by atoms with van der Waals surface area (Å²) in [4.78, 5) is 11.4.